The van der Waals surface area contributed by atoms with E-state index in [0.717, 1.165) is 64.1 Å². The number of nitrogens with one attached hydrogen (secondary N) is 1. The molecule has 0 aromatic carbocycles. The Morgan fingerprint density at radius 2 is 1.61 bits per heavy atom. The predicted octanol–water partition coefficient (Wildman–Crippen LogP) is 1.84. The molecule has 0 aromatic rings. The third kappa shape index (κ3) is 5.26. The van der Waals surface area contributed by atoms with Crippen LogP contribution in [0.1, 0.15) is 64.2 Å². The van der Waals surface area contributed by atoms with Crippen molar-refractivity contribution in [2.24, 2.45) is 5.92 Å². The zero-order valence-corrected chi connectivity index (χ0v) is 17.4. The third-order valence-electron chi connectivity index (χ3n) is 7.51. The third-order valence-corrected chi connectivity index (χ3v) is 7.51. The van der Waals surface area contributed by atoms with Crippen molar-refractivity contribution in [2.45, 2.75) is 76.3 Å². The summed E-state index contributed by atoms with van der Waals surface area (Å²) in [5.74, 6) is 1.24. The number of likely N-dealkylation sites (tertiary alicyclic amines) is 1. The van der Waals surface area contributed by atoms with E-state index in [2.05, 4.69) is 15.1 Å². The Morgan fingerprint density at radius 3 is 2.29 bits per heavy atom. The van der Waals surface area contributed by atoms with E-state index in [4.69, 9.17) is 0 Å². The molecule has 0 bridgehead atoms. The van der Waals surface area contributed by atoms with E-state index in [0.29, 0.717) is 13.0 Å². The van der Waals surface area contributed by atoms with E-state index < -0.39 is 0 Å². The first-order valence-corrected chi connectivity index (χ1v) is 11.7. The zero-order valence-electron chi connectivity index (χ0n) is 17.4. The Hall–Kier alpha value is -1.14. The highest BCUT2D eigenvalue weighted by molar-refractivity contribution is 5.78. The molecule has 4 rings (SSSR count). The van der Waals surface area contributed by atoms with Gasteiger partial charge in [0.1, 0.15) is 0 Å². The molecule has 1 N–H and O–H groups in total. The quantitative estimate of drug-likeness (QED) is 0.721. The van der Waals surface area contributed by atoms with Gasteiger partial charge in [-0.05, 0) is 31.6 Å². The summed E-state index contributed by atoms with van der Waals surface area (Å²) in [4.78, 5) is 31.7. The van der Waals surface area contributed by atoms with Crippen molar-refractivity contribution < 1.29 is 9.59 Å². The molecule has 2 amide bonds. The lowest BCUT2D eigenvalue weighted by atomic mass is 9.91. The molecule has 2 aliphatic carbocycles. The van der Waals surface area contributed by atoms with Crippen LogP contribution in [0.25, 0.3) is 0 Å². The van der Waals surface area contributed by atoms with E-state index in [1.807, 2.05) is 4.90 Å². The summed E-state index contributed by atoms with van der Waals surface area (Å²) in [6, 6.07) is 1.01. The Labute approximate surface area is 170 Å². The fourth-order valence-corrected chi connectivity index (χ4v) is 5.41. The molecule has 6 nitrogen and oxygen atoms in total. The highest BCUT2D eigenvalue weighted by Crippen LogP contribution is 2.28. The summed E-state index contributed by atoms with van der Waals surface area (Å²) < 4.78 is 0. The lowest BCUT2D eigenvalue weighted by molar-refractivity contribution is -0.134. The average Bonchev–Trinajstić information content (AvgIpc) is 3.31. The number of hydrogen-bond donors (Lipinski definition) is 1. The SMILES string of the molecule is O=C(CCC1CCCC1)NC1CCN(CC(=O)N2CCN(C3CCC3)CC2)C1. The summed E-state index contributed by atoms with van der Waals surface area (Å²) in [6.07, 6.45) is 12.0. The fourth-order valence-electron chi connectivity index (χ4n) is 5.41. The van der Waals surface area contributed by atoms with Gasteiger partial charge in [0.15, 0.2) is 0 Å². The van der Waals surface area contributed by atoms with Crippen LogP contribution in [0.5, 0.6) is 0 Å². The number of rotatable bonds is 7. The molecule has 4 fully saturated rings. The van der Waals surface area contributed by atoms with Crippen molar-refractivity contribution in [2.75, 3.05) is 45.8 Å². The number of piperazine rings is 1. The minimum absolute atomic E-state index is 0.206. The summed E-state index contributed by atoms with van der Waals surface area (Å²) in [6.45, 7) is 6.09. The van der Waals surface area contributed by atoms with Crippen LogP contribution in [0.2, 0.25) is 0 Å². The van der Waals surface area contributed by atoms with Gasteiger partial charge in [-0.15, -0.1) is 0 Å². The van der Waals surface area contributed by atoms with Crippen LogP contribution >= 0.6 is 0 Å². The van der Waals surface area contributed by atoms with Crippen molar-refractivity contribution in [3.63, 3.8) is 0 Å². The second-order valence-corrected chi connectivity index (χ2v) is 9.48. The van der Waals surface area contributed by atoms with Gasteiger partial charge in [-0.3, -0.25) is 19.4 Å². The second-order valence-electron chi connectivity index (χ2n) is 9.48. The molecule has 1 unspecified atom stereocenters. The number of carbonyl (C=O) groups excluding carboxylic acids is 2. The van der Waals surface area contributed by atoms with Crippen LogP contribution < -0.4 is 5.32 Å². The molecule has 2 saturated heterocycles. The lowest BCUT2D eigenvalue weighted by Crippen LogP contribution is -2.55. The molecule has 0 radical (unpaired) electrons. The summed E-state index contributed by atoms with van der Waals surface area (Å²) in [5, 5.41) is 3.20. The van der Waals surface area contributed by atoms with Crippen LogP contribution in [0.4, 0.5) is 0 Å². The average molecular weight is 391 g/mol. The van der Waals surface area contributed by atoms with Crippen LogP contribution in [0.3, 0.4) is 0 Å². The van der Waals surface area contributed by atoms with Gasteiger partial charge >= 0.3 is 0 Å². The molecule has 6 heteroatoms. The van der Waals surface area contributed by atoms with Gasteiger partial charge in [0.2, 0.25) is 11.8 Å². The molecule has 4 aliphatic rings. The number of carbonyl (C=O) groups is 2. The van der Waals surface area contributed by atoms with Gasteiger partial charge in [0.05, 0.1) is 6.54 Å². The topological polar surface area (TPSA) is 55.9 Å². The molecule has 0 aromatic heterocycles. The normalized spacial score (nSPS) is 27.9. The standard InChI is InChI=1S/C22H38N4O2/c27-21(9-8-18-4-1-2-5-18)23-19-10-11-24(16-19)17-22(28)26-14-12-25(13-15-26)20-6-3-7-20/h18-20H,1-17H2,(H,23,27). The number of hydrogen-bond acceptors (Lipinski definition) is 4. The van der Waals surface area contributed by atoms with E-state index in [1.165, 1.54) is 44.9 Å². The van der Waals surface area contributed by atoms with Crippen LogP contribution in [0.15, 0.2) is 0 Å². The van der Waals surface area contributed by atoms with Gasteiger partial charge in [-0.1, -0.05) is 32.1 Å². The first kappa shape index (κ1) is 20.1. The fraction of sp³-hybridized carbons (Fsp3) is 0.909. The van der Waals surface area contributed by atoms with Gasteiger partial charge in [-0.2, -0.15) is 0 Å². The molecule has 2 aliphatic heterocycles. The summed E-state index contributed by atoms with van der Waals surface area (Å²) in [7, 11) is 0. The summed E-state index contributed by atoms with van der Waals surface area (Å²) in [5.41, 5.74) is 0. The molecule has 158 valence electrons. The largest absolute Gasteiger partial charge is 0.352 e. The highest BCUT2D eigenvalue weighted by Gasteiger charge is 2.31. The Morgan fingerprint density at radius 1 is 0.857 bits per heavy atom. The van der Waals surface area contributed by atoms with Crippen LogP contribution in [-0.2, 0) is 9.59 Å². The van der Waals surface area contributed by atoms with Crippen LogP contribution in [0, 0.1) is 5.92 Å². The Balaban J connectivity index is 1.11. The molecule has 28 heavy (non-hydrogen) atoms. The lowest BCUT2D eigenvalue weighted by Gasteiger charge is -2.43. The zero-order chi connectivity index (χ0) is 19.3. The van der Waals surface area contributed by atoms with E-state index in [-0.39, 0.29) is 17.9 Å². The molecule has 2 heterocycles. The monoisotopic (exact) mass is 390 g/mol. The van der Waals surface area contributed by atoms with Crippen molar-refractivity contribution in [1.29, 1.82) is 0 Å². The second kappa shape index (κ2) is 9.57. The Bertz CT molecular complexity index is 537. The molecular weight excluding hydrogens is 352 g/mol. The van der Waals surface area contributed by atoms with Crippen molar-refractivity contribution in [3.05, 3.63) is 0 Å². The minimum atomic E-state index is 0.206. The van der Waals surface area contributed by atoms with Crippen molar-refractivity contribution in [3.8, 4) is 0 Å². The smallest absolute Gasteiger partial charge is 0.236 e. The first-order chi connectivity index (χ1) is 13.7. The predicted molar refractivity (Wildman–Crippen MR) is 110 cm³/mol. The Kier molecular flexibility index (Phi) is 6.89. The van der Waals surface area contributed by atoms with E-state index in [1.54, 1.807) is 0 Å². The maximum Gasteiger partial charge on any atom is 0.236 e. The maximum atomic E-state index is 12.7. The maximum absolute atomic E-state index is 12.7. The van der Waals surface area contributed by atoms with E-state index >= 15 is 0 Å². The van der Waals surface area contributed by atoms with Gasteiger partial charge in [0, 0.05) is 57.8 Å². The highest BCUT2D eigenvalue weighted by atomic mass is 16.2. The van der Waals surface area contributed by atoms with Gasteiger partial charge < -0.3 is 10.2 Å². The van der Waals surface area contributed by atoms with Crippen LogP contribution in [-0.4, -0.2) is 84.4 Å². The molecule has 1 atom stereocenters. The number of nitrogens with zero attached hydrogens (tertiary/aromatic N) is 3. The first-order valence-electron chi connectivity index (χ1n) is 11.7. The molecule has 0 spiro atoms. The van der Waals surface area contributed by atoms with Gasteiger partial charge in [0.25, 0.3) is 0 Å². The molecular formula is C22H38N4O2. The van der Waals surface area contributed by atoms with Crippen molar-refractivity contribution in [1.82, 2.24) is 20.0 Å². The molecule has 2 saturated carbocycles. The minimum Gasteiger partial charge on any atom is -0.352 e. The van der Waals surface area contributed by atoms with E-state index in [9.17, 15) is 9.59 Å². The van der Waals surface area contributed by atoms with Gasteiger partial charge in [-0.25, -0.2) is 0 Å². The summed E-state index contributed by atoms with van der Waals surface area (Å²) >= 11 is 0. The number of amides is 2. The van der Waals surface area contributed by atoms with Crippen molar-refractivity contribution >= 4 is 11.8 Å².